The molecule has 0 aliphatic carbocycles. The summed E-state index contributed by atoms with van der Waals surface area (Å²) < 4.78 is 18.7. The second-order valence-corrected chi connectivity index (χ2v) is 4.77. The molecule has 1 aromatic heterocycles. The van der Waals surface area contributed by atoms with Crippen molar-refractivity contribution in [3.63, 3.8) is 0 Å². The summed E-state index contributed by atoms with van der Waals surface area (Å²) >= 11 is 0. The molecule has 0 saturated carbocycles. The number of carbonyl (C=O) groups is 1. The van der Waals surface area contributed by atoms with Gasteiger partial charge in [-0.1, -0.05) is 17.3 Å². The van der Waals surface area contributed by atoms with E-state index in [1.165, 1.54) is 0 Å². The van der Waals surface area contributed by atoms with Gasteiger partial charge in [0.2, 0.25) is 5.91 Å². The highest BCUT2D eigenvalue weighted by Gasteiger charge is 2.16. The van der Waals surface area contributed by atoms with Crippen LogP contribution in [0.4, 0.5) is 15.8 Å². The summed E-state index contributed by atoms with van der Waals surface area (Å²) in [5, 5.41) is 17.5. The van der Waals surface area contributed by atoms with Crippen LogP contribution in [0.3, 0.4) is 0 Å². The van der Waals surface area contributed by atoms with Crippen molar-refractivity contribution in [2.24, 2.45) is 0 Å². The van der Waals surface area contributed by atoms with Crippen LogP contribution in [0.2, 0.25) is 0 Å². The molecule has 1 N–H and O–H groups in total. The van der Waals surface area contributed by atoms with Crippen molar-refractivity contribution >= 4 is 28.3 Å². The van der Waals surface area contributed by atoms with Gasteiger partial charge >= 0.3 is 0 Å². The first-order valence-corrected chi connectivity index (χ1v) is 6.61. The van der Waals surface area contributed by atoms with E-state index in [0.29, 0.717) is 16.7 Å². The van der Waals surface area contributed by atoms with Gasteiger partial charge in [-0.3, -0.25) is 14.9 Å². The highest BCUT2D eigenvalue weighted by Crippen LogP contribution is 2.22. The van der Waals surface area contributed by atoms with E-state index < -0.39 is 16.6 Å². The summed E-state index contributed by atoms with van der Waals surface area (Å²) in [5.74, 6) is -1.31. The van der Waals surface area contributed by atoms with Crippen LogP contribution in [0.5, 0.6) is 0 Å². The lowest BCUT2D eigenvalue weighted by Crippen LogP contribution is -2.15. The van der Waals surface area contributed by atoms with Crippen molar-refractivity contribution < 1.29 is 18.6 Å². The fourth-order valence-electron chi connectivity index (χ4n) is 2.13. The Morgan fingerprint density at radius 3 is 2.87 bits per heavy atom. The highest BCUT2D eigenvalue weighted by atomic mass is 19.1. The summed E-state index contributed by atoms with van der Waals surface area (Å²) in [6.07, 6.45) is -0.140. The van der Waals surface area contributed by atoms with E-state index in [0.717, 1.165) is 18.2 Å². The normalized spacial score (nSPS) is 10.7. The van der Waals surface area contributed by atoms with Crippen molar-refractivity contribution in [3.8, 4) is 0 Å². The van der Waals surface area contributed by atoms with E-state index in [-0.39, 0.29) is 17.8 Å². The summed E-state index contributed by atoms with van der Waals surface area (Å²) in [6.45, 7) is 0. The zero-order valence-electron chi connectivity index (χ0n) is 11.7. The van der Waals surface area contributed by atoms with Crippen LogP contribution in [0, 0.1) is 15.9 Å². The number of rotatable bonds is 4. The number of nitro benzene ring substituents is 1. The fraction of sp³-hybridized carbons (Fsp3) is 0.0667. The average molecular weight is 315 g/mol. The van der Waals surface area contributed by atoms with Crippen LogP contribution in [0.25, 0.3) is 11.0 Å². The van der Waals surface area contributed by atoms with E-state index >= 15 is 0 Å². The van der Waals surface area contributed by atoms with Crippen molar-refractivity contribution in [1.29, 1.82) is 0 Å². The summed E-state index contributed by atoms with van der Waals surface area (Å²) in [4.78, 5) is 22.1. The number of anilines is 1. The molecule has 0 fully saturated rings. The number of hydrogen-bond donors (Lipinski definition) is 1. The van der Waals surface area contributed by atoms with Gasteiger partial charge in [-0.15, -0.1) is 0 Å². The van der Waals surface area contributed by atoms with Gasteiger partial charge in [-0.05, 0) is 18.2 Å². The number of benzene rings is 2. The number of fused-ring (bicyclic) bond motifs is 1. The van der Waals surface area contributed by atoms with Gasteiger partial charge < -0.3 is 9.84 Å². The standard InChI is InChI=1S/C15H10FN3O4/c16-11-6-5-9(19(21)22)7-13(11)17-15(20)8-12-10-3-1-2-4-14(10)23-18-12/h1-7H,8H2,(H,17,20). The molecule has 0 unspecified atom stereocenters. The summed E-state index contributed by atoms with van der Waals surface area (Å²) in [5.41, 5.74) is 0.381. The second-order valence-electron chi connectivity index (χ2n) is 4.77. The van der Waals surface area contributed by atoms with Crippen molar-refractivity contribution in [2.75, 3.05) is 5.32 Å². The van der Waals surface area contributed by atoms with Gasteiger partial charge in [0.15, 0.2) is 5.58 Å². The van der Waals surface area contributed by atoms with Gasteiger partial charge in [0.05, 0.1) is 17.0 Å². The lowest BCUT2D eigenvalue weighted by molar-refractivity contribution is -0.384. The number of non-ortho nitro benzene ring substituents is 1. The van der Waals surface area contributed by atoms with Crippen LogP contribution in [0.1, 0.15) is 5.69 Å². The van der Waals surface area contributed by atoms with E-state index in [1.54, 1.807) is 24.3 Å². The lowest BCUT2D eigenvalue weighted by atomic mass is 10.1. The third-order valence-corrected chi connectivity index (χ3v) is 3.22. The first-order valence-electron chi connectivity index (χ1n) is 6.61. The maximum atomic E-state index is 13.7. The number of nitrogens with zero attached hydrogens (tertiary/aromatic N) is 2. The van der Waals surface area contributed by atoms with Gasteiger partial charge in [-0.2, -0.15) is 0 Å². The Kier molecular flexibility index (Phi) is 3.71. The Morgan fingerprint density at radius 2 is 2.09 bits per heavy atom. The molecule has 0 bridgehead atoms. The van der Waals surface area contributed by atoms with E-state index in [1.807, 2.05) is 0 Å². The maximum Gasteiger partial charge on any atom is 0.271 e. The largest absolute Gasteiger partial charge is 0.356 e. The number of aromatic nitrogens is 1. The average Bonchev–Trinajstić information content (AvgIpc) is 2.92. The first kappa shape index (κ1) is 14.6. The SMILES string of the molecule is O=C(Cc1noc2ccccc12)Nc1cc([N+](=O)[O-])ccc1F. The van der Waals surface area contributed by atoms with Crippen LogP contribution < -0.4 is 5.32 Å². The Morgan fingerprint density at radius 1 is 1.30 bits per heavy atom. The lowest BCUT2D eigenvalue weighted by Gasteiger charge is -2.05. The molecule has 0 atom stereocenters. The molecule has 7 nitrogen and oxygen atoms in total. The molecule has 1 heterocycles. The number of nitrogens with one attached hydrogen (secondary N) is 1. The quantitative estimate of drug-likeness (QED) is 0.589. The van der Waals surface area contributed by atoms with E-state index in [2.05, 4.69) is 10.5 Å². The molecule has 23 heavy (non-hydrogen) atoms. The number of hydrogen-bond acceptors (Lipinski definition) is 5. The first-order chi connectivity index (χ1) is 11.0. The topological polar surface area (TPSA) is 98.3 Å². The molecule has 0 radical (unpaired) electrons. The third-order valence-electron chi connectivity index (χ3n) is 3.22. The molecular formula is C15H10FN3O4. The zero-order chi connectivity index (χ0) is 16.4. The van der Waals surface area contributed by atoms with E-state index in [9.17, 15) is 19.3 Å². The molecule has 0 saturated heterocycles. The van der Waals surface area contributed by atoms with Gasteiger partial charge in [0.25, 0.3) is 5.69 Å². The molecule has 0 spiro atoms. The molecule has 1 amide bonds. The number of carbonyl (C=O) groups excluding carboxylic acids is 1. The summed E-state index contributed by atoms with van der Waals surface area (Å²) in [7, 11) is 0. The second kappa shape index (κ2) is 5.84. The molecule has 116 valence electrons. The van der Waals surface area contributed by atoms with Crippen LogP contribution in [0.15, 0.2) is 47.0 Å². The fourth-order valence-corrected chi connectivity index (χ4v) is 2.13. The summed E-state index contributed by atoms with van der Waals surface area (Å²) in [6, 6.07) is 9.94. The van der Waals surface area contributed by atoms with Crippen molar-refractivity contribution in [2.45, 2.75) is 6.42 Å². The number of halogens is 1. The van der Waals surface area contributed by atoms with Crippen LogP contribution in [-0.2, 0) is 11.2 Å². The molecule has 0 aliphatic heterocycles. The molecule has 2 aromatic carbocycles. The van der Waals surface area contributed by atoms with Gasteiger partial charge in [0.1, 0.15) is 11.5 Å². The predicted octanol–water partition coefficient (Wildman–Crippen LogP) is 3.06. The van der Waals surface area contributed by atoms with E-state index in [4.69, 9.17) is 4.52 Å². The van der Waals surface area contributed by atoms with Crippen LogP contribution >= 0.6 is 0 Å². The van der Waals surface area contributed by atoms with Crippen molar-refractivity contribution in [3.05, 3.63) is 64.1 Å². The Balaban J connectivity index is 1.80. The molecule has 8 heteroatoms. The third kappa shape index (κ3) is 3.00. The smallest absolute Gasteiger partial charge is 0.271 e. The highest BCUT2D eigenvalue weighted by molar-refractivity contribution is 5.95. The Bertz CT molecular complexity index is 907. The zero-order valence-corrected chi connectivity index (χ0v) is 11.7. The molecule has 0 aliphatic rings. The number of amides is 1. The Labute approximate surface area is 128 Å². The molecular weight excluding hydrogens is 305 g/mol. The number of nitro groups is 1. The van der Waals surface area contributed by atoms with Gasteiger partial charge in [0, 0.05) is 17.5 Å². The minimum absolute atomic E-state index is 0.140. The molecule has 3 rings (SSSR count). The monoisotopic (exact) mass is 315 g/mol. The van der Waals surface area contributed by atoms with Crippen molar-refractivity contribution in [1.82, 2.24) is 5.16 Å². The predicted molar refractivity (Wildman–Crippen MR) is 79.4 cm³/mol. The maximum absolute atomic E-state index is 13.7. The molecule has 3 aromatic rings. The van der Waals surface area contributed by atoms with Crippen LogP contribution in [-0.4, -0.2) is 16.0 Å². The minimum Gasteiger partial charge on any atom is -0.356 e. The Hall–Kier alpha value is -3.29. The minimum atomic E-state index is -0.756. The number of para-hydroxylation sites is 1. The van der Waals surface area contributed by atoms with Gasteiger partial charge in [-0.25, -0.2) is 4.39 Å².